The van der Waals surface area contributed by atoms with Gasteiger partial charge in [-0.05, 0) is 42.9 Å². The number of para-hydroxylation sites is 1. The minimum absolute atomic E-state index is 0.116. The number of ether oxygens (including phenoxy) is 1. The van der Waals surface area contributed by atoms with Gasteiger partial charge in [0.15, 0.2) is 11.6 Å². The second kappa shape index (κ2) is 5.67. The Hall–Kier alpha value is -2.14. The van der Waals surface area contributed by atoms with Crippen molar-refractivity contribution in [2.45, 2.75) is 13.0 Å². The van der Waals surface area contributed by atoms with Crippen LogP contribution in [0.5, 0.6) is 5.75 Å². The van der Waals surface area contributed by atoms with E-state index in [1.165, 1.54) is 24.3 Å². The maximum absolute atomic E-state index is 13.6. The number of hydrazine groups is 1. The Balaban J connectivity index is 2.23. The molecule has 1 atom stereocenters. The molecular formula is C14H14F2N2O. The molecule has 0 spiro atoms. The molecule has 1 aromatic rings. The Morgan fingerprint density at radius 1 is 1.26 bits per heavy atom. The van der Waals surface area contributed by atoms with Crippen LogP contribution in [0.4, 0.5) is 8.78 Å². The highest BCUT2D eigenvalue weighted by atomic mass is 19.1. The molecule has 0 fully saturated rings. The molecule has 1 aromatic carbocycles. The van der Waals surface area contributed by atoms with E-state index in [9.17, 15) is 8.78 Å². The third kappa shape index (κ3) is 3.00. The first-order valence-corrected chi connectivity index (χ1v) is 5.76. The van der Waals surface area contributed by atoms with Crippen LogP contribution in [-0.4, -0.2) is 6.10 Å². The first-order chi connectivity index (χ1) is 9.11. The van der Waals surface area contributed by atoms with Crippen LogP contribution in [-0.2, 0) is 0 Å². The molecule has 0 aliphatic heterocycles. The van der Waals surface area contributed by atoms with Crippen LogP contribution >= 0.6 is 0 Å². The Kier molecular flexibility index (Phi) is 3.97. The van der Waals surface area contributed by atoms with Crippen molar-refractivity contribution in [3.63, 3.8) is 0 Å². The largest absolute Gasteiger partial charge is 0.479 e. The summed E-state index contributed by atoms with van der Waals surface area (Å²) < 4.78 is 32.6. The van der Waals surface area contributed by atoms with Crippen molar-refractivity contribution in [1.82, 2.24) is 5.43 Å². The van der Waals surface area contributed by atoms with E-state index in [0.29, 0.717) is 5.57 Å². The van der Waals surface area contributed by atoms with Crippen molar-refractivity contribution in [1.29, 1.82) is 0 Å². The molecule has 1 aliphatic rings. The topological polar surface area (TPSA) is 47.3 Å². The Morgan fingerprint density at radius 2 is 2.00 bits per heavy atom. The third-order valence-electron chi connectivity index (χ3n) is 2.72. The lowest BCUT2D eigenvalue weighted by atomic mass is 10.2. The van der Waals surface area contributed by atoms with Gasteiger partial charge < -0.3 is 10.2 Å². The van der Waals surface area contributed by atoms with E-state index in [0.717, 1.165) is 0 Å². The Morgan fingerprint density at radius 3 is 2.68 bits per heavy atom. The van der Waals surface area contributed by atoms with Gasteiger partial charge >= 0.3 is 0 Å². The molecule has 0 bridgehead atoms. The lowest BCUT2D eigenvalue weighted by Gasteiger charge is -2.13. The lowest BCUT2D eigenvalue weighted by molar-refractivity contribution is 0.280. The highest BCUT2D eigenvalue weighted by molar-refractivity contribution is 5.39. The first-order valence-electron chi connectivity index (χ1n) is 5.76. The summed E-state index contributed by atoms with van der Waals surface area (Å²) in [5.41, 5.74) is 3.07. The number of nitrogens with two attached hydrogens (primary N) is 1. The molecular weight excluding hydrogens is 250 g/mol. The minimum Gasteiger partial charge on any atom is -0.479 e. The molecule has 0 amide bonds. The van der Waals surface area contributed by atoms with E-state index >= 15 is 0 Å². The molecule has 1 aliphatic carbocycles. The van der Waals surface area contributed by atoms with Gasteiger partial charge in [-0.25, -0.2) is 8.78 Å². The summed E-state index contributed by atoms with van der Waals surface area (Å²) in [7, 11) is 0. The molecule has 19 heavy (non-hydrogen) atoms. The number of hydrogen-bond acceptors (Lipinski definition) is 3. The number of allylic oxidation sites excluding steroid dienone is 3. The fraction of sp³-hybridized carbons (Fsp3) is 0.143. The summed E-state index contributed by atoms with van der Waals surface area (Å²) in [5, 5.41) is 0. The molecule has 2 rings (SSSR count). The number of hydrogen-bond donors (Lipinski definition) is 2. The van der Waals surface area contributed by atoms with Gasteiger partial charge in [-0.2, -0.15) is 0 Å². The molecule has 3 N–H and O–H groups in total. The smallest absolute Gasteiger partial charge is 0.165 e. The fourth-order valence-corrected chi connectivity index (χ4v) is 1.78. The van der Waals surface area contributed by atoms with Gasteiger partial charge in [0.25, 0.3) is 0 Å². The Labute approximate surface area is 110 Å². The van der Waals surface area contributed by atoms with Crippen LogP contribution in [0.15, 0.2) is 59.6 Å². The number of halogens is 2. The zero-order valence-electron chi connectivity index (χ0n) is 10.4. The van der Waals surface area contributed by atoms with E-state index in [-0.39, 0.29) is 11.4 Å². The predicted octanol–water partition coefficient (Wildman–Crippen LogP) is 2.73. The van der Waals surface area contributed by atoms with Gasteiger partial charge in [-0.3, -0.25) is 5.84 Å². The van der Waals surface area contributed by atoms with Crippen LogP contribution in [0.2, 0.25) is 0 Å². The highest BCUT2D eigenvalue weighted by Crippen LogP contribution is 2.23. The molecule has 3 nitrogen and oxygen atoms in total. The van der Waals surface area contributed by atoms with Crippen molar-refractivity contribution in [2.75, 3.05) is 0 Å². The first kappa shape index (κ1) is 13.3. The Bertz CT molecular complexity index is 564. The monoisotopic (exact) mass is 264 g/mol. The third-order valence-corrected chi connectivity index (χ3v) is 2.72. The van der Waals surface area contributed by atoms with Gasteiger partial charge in [0.2, 0.25) is 0 Å². The normalized spacial score (nSPS) is 18.9. The van der Waals surface area contributed by atoms with Crippen molar-refractivity contribution in [3.05, 3.63) is 65.4 Å². The standard InChI is InChI=1S/C14H14F2N2O/c1-9-8-10(6-7-12(16)14(9)18-17)19-13-5-3-2-4-11(13)15/h2-8,10,18H,17H2,1H3. The van der Waals surface area contributed by atoms with E-state index in [4.69, 9.17) is 10.6 Å². The van der Waals surface area contributed by atoms with Gasteiger partial charge in [-0.1, -0.05) is 12.1 Å². The molecule has 1 unspecified atom stereocenters. The second-order valence-electron chi connectivity index (χ2n) is 4.09. The molecule has 0 heterocycles. The zero-order chi connectivity index (χ0) is 13.8. The summed E-state index contributed by atoms with van der Waals surface area (Å²) in [6, 6.07) is 6.06. The van der Waals surface area contributed by atoms with Crippen molar-refractivity contribution < 1.29 is 13.5 Å². The van der Waals surface area contributed by atoms with Gasteiger partial charge in [0.1, 0.15) is 11.9 Å². The van der Waals surface area contributed by atoms with Crippen LogP contribution in [0, 0.1) is 5.82 Å². The van der Waals surface area contributed by atoms with Gasteiger partial charge in [0, 0.05) is 0 Å². The predicted molar refractivity (Wildman–Crippen MR) is 69.2 cm³/mol. The zero-order valence-corrected chi connectivity index (χ0v) is 10.4. The maximum atomic E-state index is 13.6. The van der Waals surface area contributed by atoms with E-state index in [1.54, 1.807) is 25.1 Å². The van der Waals surface area contributed by atoms with Crippen LogP contribution < -0.4 is 16.0 Å². The molecule has 0 saturated carbocycles. The van der Waals surface area contributed by atoms with Crippen molar-refractivity contribution >= 4 is 0 Å². The van der Waals surface area contributed by atoms with E-state index in [1.807, 2.05) is 0 Å². The summed E-state index contributed by atoms with van der Waals surface area (Å²) in [6.07, 6.45) is 3.84. The lowest BCUT2D eigenvalue weighted by Crippen LogP contribution is -2.23. The summed E-state index contributed by atoms with van der Waals surface area (Å²) in [6.45, 7) is 1.69. The summed E-state index contributed by atoms with van der Waals surface area (Å²) in [4.78, 5) is 0. The van der Waals surface area contributed by atoms with E-state index < -0.39 is 17.7 Å². The number of nitrogens with one attached hydrogen (secondary N) is 1. The molecule has 100 valence electrons. The average Bonchev–Trinajstić information content (AvgIpc) is 2.51. The fourth-order valence-electron chi connectivity index (χ4n) is 1.78. The van der Waals surface area contributed by atoms with Gasteiger partial charge in [-0.15, -0.1) is 0 Å². The second-order valence-corrected chi connectivity index (χ2v) is 4.09. The minimum atomic E-state index is -0.562. The molecule has 0 aromatic heterocycles. The van der Waals surface area contributed by atoms with Crippen LogP contribution in [0.25, 0.3) is 0 Å². The van der Waals surface area contributed by atoms with Crippen LogP contribution in [0.1, 0.15) is 6.92 Å². The highest BCUT2D eigenvalue weighted by Gasteiger charge is 2.14. The molecule has 0 saturated heterocycles. The molecule has 0 radical (unpaired) electrons. The average molecular weight is 264 g/mol. The van der Waals surface area contributed by atoms with Gasteiger partial charge in [0.05, 0.1) is 5.70 Å². The summed E-state index contributed by atoms with van der Waals surface area (Å²) >= 11 is 0. The van der Waals surface area contributed by atoms with Crippen molar-refractivity contribution in [3.8, 4) is 5.75 Å². The van der Waals surface area contributed by atoms with Crippen LogP contribution in [0.3, 0.4) is 0 Å². The van der Waals surface area contributed by atoms with E-state index in [2.05, 4.69) is 5.43 Å². The maximum Gasteiger partial charge on any atom is 0.165 e. The van der Waals surface area contributed by atoms with Crippen molar-refractivity contribution in [2.24, 2.45) is 5.84 Å². The summed E-state index contributed by atoms with van der Waals surface area (Å²) in [5.74, 6) is 4.42. The quantitative estimate of drug-likeness (QED) is 0.652. The molecule has 5 heteroatoms. The number of rotatable bonds is 3. The number of benzene rings is 1. The SMILES string of the molecule is CC1=CC(Oc2ccccc2F)C=CC(F)=C1NN.